The zero-order valence-corrected chi connectivity index (χ0v) is 15.7. The number of nitrogens with zero attached hydrogens (tertiary/aromatic N) is 3. The molecule has 132 valence electrons. The summed E-state index contributed by atoms with van der Waals surface area (Å²) in [5.74, 6) is 0. The first-order valence-electron chi connectivity index (χ1n) is 6.35. The van der Waals surface area contributed by atoms with Gasteiger partial charge in [-0.3, -0.25) is 5.28 Å². The molecule has 0 spiro atoms. The Morgan fingerprint density at radius 3 is 1.86 bits per heavy atom. The SMILES string of the molecule is CO[Si](CCCN(C)N([O-])N=O)(OC)O[Si](OC)(OC)OC. The first-order valence-corrected chi connectivity index (χ1v) is 9.92. The van der Waals surface area contributed by atoms with E-state index in [1.54, 1.807) is 0 Å². The summed E-state index contributed by atoms with van der Waals surface area (Å²) in [5, 5.41) is 14.3. The standard InChI is InChI=1S/C9H24N3O8Si2/c1-11(12(14)10-13)8-7-9-21(15-2,16-3)20-22(17-4,18-5)19-6/h7-9H2,1-6H3/q-1. The van der Waals surface area contributed by atoms with Crippen molar-refractivity contribution in [2.45, 2.75) is 12.5 Å². The Labute approximate surface area is 132 Å². The van der Waals surface area contributed by atoms with Crippen molar-refractivity contribution in [1.82, 2.24) is 10.3 Å². The number of rotatable bonds is 13. The summed E-state index contributed by atoms with van der Waals surface area (Å²) in [7, 11) is 2.09. The van der Waals surface area contributed by atoms with E-state index in [4.69, 9.17) is 26.2 Å². The van der Waals surface area contributed by atoms with Gasteiger partial charge in [-0.1, -0.05) is 0 Å². The molecule has 0 aromatic carbocycles. The quantitative estimate of drug-likeness (QED) is 0.259. The summed E-state index contributed by atoms with van der Waals surface area (Å²) in [6.07, 6.45) is 0.459. The molecule has 0 unspecified atom stereocenters. The van der Waals surface area contributed by atoms with E-state index in [2.05, 4.69) is 5.29 Å². The van der Waals surface area contributed by atoms with Crippen LogP contribution in [0.3, 0.4) is 0 Å². The van der Waals surface area contributed by atoms with Gasteiger partial charge in [0.05, 0.1) is 5.29 Å². The van der Waals surface area contributed by atoms with Gasteiger partial charge in [-0.2, -0.15) is 0 Å². The molecular weight excluding hydrogens is 334 g/mol. The molecule has 0 aliphatic heterocycles. The molecule has 0 rings (SSSR count). The molecule has 0 aromatic rings. The van der Waals surface area contributed by atoms with E-state index >= 15 is 0 Å². The summed E-state index contributed by atoms with van der Waals surface area (Å²) in [6, 6.07) is 0.363. The van der Waals surface area contributed by atoms with E-state index in [1.807, 2.05) is 0 Å². The van der Waals surface area contributed by atoms with Gasteiger partial charge < -0.3 is 31.5 Å². The van der Waals surface area contributed by atoms with Gasteiger partial charge in [0.2, 0.25) is 0 Å². The van der Waals surface area contributed by atoms with Gasteiger partial charge in [-0.05, 0) is 6.42 Å². The van der Waals surface area contributed by atoms with Crippen LogP contribution in [0.2, 0.25) is 6.04 Å². The average Bonchev–Trinajstić information content (AvgIpc) is 2.57. The second-order valence-electron chi connectivity index (χ2n) is 4.12. The van der Waals surface area contributed by atoms with Crippen LogP contribution in [0.15, 0.2) is 5.29 Å². The summed E-state index contributed by atoms with van der Waals surface area (Å²) in [4.78, 5) is 10.1. The van der Waals surface area contributed by atoms with Crippen LogP contribution in [-0.4, -0.2) is 77.3 Å². The fraction of sp³-hybridized carbons (Fsp3) is 1.00. The minimum atomic E-state index is -3.34. The highest BCUT2D eigenvalue weighted by molar-refractivity contribution is 6.72. The zero-order chi connectivity index (χ0) is 17.2. The molecule has 0 bridgehead atoms. The summed E-state index contributed by atoms with van der Waals surface area (Å²) >= 11 is 0. The fourth-order valence-electron chi connectivity index (χ4n) is 1.66. The molecule has 0 aliphatic rings. The smallest absolute Gasteiger partial charge is 0.671 e. The lowest BCUT2D eigenvalue weighted by atomic mass is 10.5. The van der Waals surface area contributed by atoms with Crippen LogP contribution < -0.4 is 0 Å². The van der Waals surface area contributed by atoms with Gasteiger partial charge in [0.15, 0.2) is 0 Å². The molecule has 22 heavy (non-hydrogen) atoms. The van der Waals surface area contributed by atoms with Crippen molar-refractivity contribution in [3.63, 3.8) is 0 Å². The Morgan fingerprint density at radius 1 is 1.00 bits per heavy atom. The van der Waals surface area contributed by atoms with E-state index in [9.17, 15) is 10.1 Å². The Kier molecular flexibility index (Phi) is 10.1. The van der Waals surface area contributed by atoms with E-state index in [0.717, 1.165) is 5.01 Å². The molecule has 0 radical (unpaired) electrons. The van der Waals surface area contributed by atoms with Crippen LogP contribution in [-0.2, 0) is 26.2 Å². The van der Waals surface area contributed by atoms with Crippen molar-refractivity contribution in [3.8, 4) is 0 Å². The van der Waals surface area contributed by atoms with Crippen molar-refractivity contribution < 1.29 is 26.2 Å². The lowest BCUT2D eigenvalue weighted by Gasteiger charge is -2.34. The molecule has 0 fully saturated rings. The van der Waals surface area contributed by atoms with Crippen LogP contribution in [0.25, 0.3) is 0 Å². The summed E-state index contributed by atoms with van der Waals surface area (Å²) in [6.45, 7) is 0.265. The maximum atomic E-state index is 11.0. The van der Waals surface area contributed by atoms with E-state index < -0.39 is 17.9 Å². The number of hydrogen-bond acceptors (Lipinski definition) is 10. The lowest BCUT2D eigenvalue weighted by molar-refractivity contribution is 0.0128. The highest BCUT2D eigenvalue weighted by Gasteiger charge is 2.54. The third-order valence-corrected chi connectivity index (χ3v) is 8.93. The molecule has 11 nitrogen and oxygen atoms in total. The molecule has 13 heteroatoms. The van der Waals surface area contributed by atoms with Crippen molar-refractivity contribution in [2.24, 2.45) is 5.29 Å². The van der Waals surface area contributed by atoms with E-state index in [-0.39, 0.29) is 11.8 Å². The van der Waals surface area contributed by atoms with Crippen molar-refractivity contribution in [2.75, 3.05) is 49.1 Å². The fourth-order valence-corrected chi connectivity index (χ4v) is 6.92. The maximum Gasteiger partial charge on any atom is 0.671 e. The zero-order valence-electron chi connectivity index (χ0n) is 13.7. The number of hydrogen-bond donors (Lipinski definition) is 0. The van der Waals surface area contributed by atoms with Gasteiger partial charge in [0.1, 0.15) is 0 Å². The third kappa shape index (κ3) is 5.96. The molecule has 0 saturated carbocycles. The Bertz CT molecular complexity index is 311. The van der Waals surface area contributed by atoms with Gasteiger partial charge in [-0.15, -0.1) is 4.91 Å². The third-order valence-electron chi connectivity index (χ3n) is 2.98. The number of nitroso groups, excluding NO2 is 1. The first-order chi connectivity index (χ1) is 10.4. The molecule has 0 saturated heterocycles. The van der Waals surface area contributed by atoms with E-state index in [1.165, 1.54) is 42.6 Å². The molecular formula is C9H24N3O8Si2-. The van der Waals surface area contributed by atoms with Crippen LogP contribution in [0.4, 0.5) is 0 Å². The highest BCUT2D eigenvalue weighted by atomic mass is 28.5. The Balaban J connectivity index is 4.78. The predicted molar refractivity (Wildman–Crippen MR) is 80.7 cm³/mol. The van der Waals surface area contributed by atoms with Crippen molar-refractivity contribution >= 4 is 17.9 Å². The average molecular weight is 358 g/mol. The topological polar surface area (TPSA) is 114 Å². The van der Waals surface area contributed by atoms with Gasteiger partial charge >= 0.3 is 17.9 Å². The normalized spacial score (nSPS) is 12.7. The molecule has 0 N–H and O–H groups in total. The van der Waals surface area contributed by atoms with Crippen LogP contribution in [0.1, 0.15) is 6.42 Å². The lowest BCUT2D eigenvalue weighted by Crippen LogP contribution is -2.58. The van der Waals surface area contributed by atoms with Crippen LogP contribution in [0, 0.1) is 10.1 Å². The number of hydrazine groups is 1. The maximum absolute atomic E-state index is 11.0. The Morgan fingerprint density at radius 2 is 1.50 bits per heavy atom. The first kappa shape index (κ1) is 21.5. The molecule has 0 aromatic heterocycles. The van der Waals surface area contributed by atoms with Gasteiger partial charge in [0, 0.05) is 55.2 Å². The summed E-state index contributed by atoms with van der Waals surface area (Å²) < 4.78 is 32.2. The van der Waals surface area contributed by atoms with Crippen molar-refractivity contribution in [3.05, 3.63) is 10.1 Å². The highest BCUT2D eigenvalue weighted by Crippen LogP contribution is 2.23. The molecule has 0 atom stereocenters. The molecule has 0 amide bonds. The second kappa shape index (κ2) is 10.3. The summed E-state index contributed by atoms with van der Waals surface area (Å²) in [5.41, 5.74) is 0. The Hall–Kier alpha value is -0.486. The predicted octanol–water partition coefficient (Wildman–Crippen LogP) is 0.328. The minimum Gasteiger partial charge on any atom is -0.724 e. The van der Waals surface area contributed by atoms with E-state index in [0.29, 0.717) is 12.5 Å². The van der Waals surface area contributed by atoms with Gasteiger partial charge in [-0.25, -0.2) is 5.01 Å². The molecule has 0 heterocycles. The largest absolute Gasteiger partial charge is 0.724 e. The minimum absolute atomic E-state index is 0.0395. The van der Waals surface area contributed by atoms with Crippen molar-refractivity contribution in [1.29, 1.82) is 0 Å². The molecule has 0 aliphatic carbocycles. The van der Waals surface area contributed by atoms with Gasteiger partial charge in [0.25, 0.3) is 0 Å². The van der Waals surface area contributed by atoms with Crippen LogP contribution in [0.5, 0.6) is 0 Å². The monoisotopic (exact) mass is 358 g/mol. The van der Waals surface area contributed by atoms with Crippen LogP contribution >= 0.6 is 0 Å². The second-order valence-corrected chi connectivity index (χ2v) is 9.85.